The molecule has 0 amide bonds. The molecule has 0 aromatic heterocycles. The average molecular weight is 245 g/mol. The topological polar surface area (TPSA) is 26.0 Å². The van der Waals surface area contributed by atoms with Gasteiger partial charge in [-0.15, -0.1) is 0 Å². The molecule has 0 radical (unpaired) electrons. The zero-order chi connectivity index (χ0) is 12.8. The average Bonchev–Trinajstić information content (AvgIpc) is 2.87. The van der Waals surface area contributed by atoms with Crippen molar-refractivity contribution in [3.05, 3.63) is 35.4 Å². The van der Waals surface area contributed by atoms with Gasteiger partial charge in [-0.25, -0.2) is 0 Å². The van der Waals surface area contributed by atoms with Crippen LogP contribution in [0.5, 0.6) is 0 Å². The second kappa shape index (κ2) is 6.38. The van der Waals surface area contributed by atoms with E-state index < -0.39 is 0 Å². The van der Waals surface area contributed by atoms with Crippen molar-refractivity contribution < 1.29 is 0 Å². The van der Waals surface area contributed by atoms with Crippen LogP contribution in [0, 0.1) is 5.41 Å². The predicted octanol–water partition coefficient (Wildman–Crippen LogP) is 4.09. The van der Waals surface area contributed by atoms with Crippen molar-refractivity contribution in [3.63, 3.8) is 0 Å². The van der Waals surface area contributed by atoms with Crippen LogP contribution in [0.25, 0.3) is 0 Å². The summed E-state index contributed by atoms with van der Waals surface area (Å²) in [7, 11) is 0. The van der Waals surface area contributed by atoms with Gasteiger partial charge in [-0.05, 0) is 55.2 Å². The first-order valence-electron chi connectivity index (χ1n) is 7.56. The Bertz CT molecular complexity index is 346. The van der Waals surface area contributed by atoms with E-state index in [1.165, 1.54) is 62.5 Å². The minimum Gasteiger partial charge on any atom is -0.330 e. The Hall–Kier alpha value is -0.820. The van der Waals surface area contributed by atoms with E-state index in [2.05, 4.69) is 31.2 Å². The molecule has 1 aromatic carbocycles. The summed E-state index contributed by atoms with van der Waals surface area (Å²) in [6.07, 6.45) is 10.3. The maximum atomic E-state index is 6.01. The van der Waals surface area contributed by atoms with Crippen LogP contribution in [-0.2, 0) is 12.8 Å². The van der Waals surface area contributed by atoms with Crippen LogP contribution in [0.4, 0.5) is 0 Å². The molecule has 0 aliphatic heterocycles. The van der Waals surface area contributed by atoms with Crippen LogP contribution in [0.1, 0.15) is 56.6 Å². The quantitative estimate of drug-likeness (QED) is 0.802. The largest absolute Gasteiger partial charge is 0.330 e. The molecule has 1 heteroatoms. The third kappa shape index (κ3) is 3.35. The second-order valence-electron chi connectivity index (χ2n) is 6.01. The van der Waals surface area contributed by atoms with Gasteiger partial charge in [0.2, 0.25) is 0 Å². The lowest BCUT2D eigenvalue weighted by Gasteiger charge is -2.27. The number of hydrogen-bond donors (Lipinski definition) is 1. The molecule has 0 saturated heterocycles. The van der Waals surface area contributed by atoms with Gasteiger partial charge >= 0.3 is 0 Å². The van der Waals surface area contributed by atoms with Crippen molar-refractivity contribution in [3.8, 4) is 0 Å². The van der Waals surface area contributed by atoms with E-state index in [0.717, 1.165) is 6.54 Å². The maximum Gasteiger partial charge on any atom is -0.00173 e. The number of benzene rings is 1. The standard InChI is InChI=1S/C17H27N/c1-2-3-6-15-7-9-16(10-8-15)13-17(14-18)11-4-5-12-17/h7-10H,2-6,11-14,18H2,1H3. The van der Waals surface area contributed by atoms with Crippen LogP contribution in [-0.4, -0.2) is 6.54 Å². The van der Waals surface area contributed by atoms with E-state index in [9.17, 15) is 0 Å². The summed E-state index contributed by atoms with van der Waals surface area (Å²) < 4.78 is 0. The van der Waals surface area contributed by atoms with Gasteiger partial charge in [0, 0.05) is 0 Å². The fourth-order valence-corrected chi connectivity index (χ4v) is 3.22. The number of nitrogens with two attached hydrogens (primary N) is 1. The van der Waals surface area contributed by atoms with Crippen molar-refractivity contribution in [1.82, 2.24) is 0 Å². The second-order valence-corrected chi connectivity index (χ2v) is 6.01. The van der Waals surface area contributed by atoms with Gasteiger partial charge in [-0.1, -0.05) is 50.5 Å². The molecule has 100 valence electrons. The summed E-state index contributed by atoms with van der Waals surface area (Å²) in [5, 5.41) is 0. The molecule has 1 aromatic rings. The SMILES string of the molecule is CCCCc1ccc(CC2(CN)CCCC2)cc1. The molecule has 0 spiro atoms. The third-order valence-electron chi connectivity index (χ3n) is 4.52. The summed E-state index contributed by atoms with van der Waals surface area (Å²) >= 11 is 0. The first kappa shape index (κ1) is 13.6. The normalized spacial score (nSPS) is 18.1. The highest BCUT2D eigenvalue weighted by Gasteiger charge is 2.32. The van der Waals surface area contributed by atoms with Gasteiger partial charge in [-0.2, -0.15) is 0 Å². The van der Waals surface area contributed by atoms with E-state index in [1.54, 1.807) is 0 Å². The van der Waals surface area contributed by atoms with Crippen LogP contribution in [0.3, 0.4) is 0 Å². The number of aryl methyl sites for hydroxylation is 1. The highest BCUT2D eigenvalue weighted by Crippen LogP contribution is 2.39. The monoisotopic (exact) mass is 245 g/mol. The molecule has 1 aliphatic carbocycles. The molecule has 2 rings (SSSR count). The first-order valence-corrected chi connectivity index (χ1v) is 7.56. The number of unbranched alkanes of at least 4 members (excludes halogenated alkanes) is 1. The van der Waals surface area contributed by atoms with Gasteiger partial charge in [-0.3, -0.25) is 0 Å². The fourth-order valence-electron chi connectivity index (χ4n) is 3.22. The van der Waals surface area contributed by atoms with Gasteiger partial charge in [0.05, 0.1) is 0 Å². The molecule has 0 heterocycles. The fraction of sp³-hybridized carbons (Fsp3) is 0.647. The molecule has 0 unspecified atom stereocenters. The van der Waals surface area contributed by atoms with E-state index >= 15 is 0 Å². The molecule has 1 saturated carbocycles. The molecule has 0 atom stereocenters. The summed E-state index contributed by atoms with van der Waals surface area (Å²) in [5.41, 5.74) is 9.37. The van der Waals surface area contributed by atoms with Gasteiger partial charge in [0.15, 0.2) is 0 Å². The van der Waals surface area contributed by atoms with E-state index in [4.69, 9.17) is 5.73 Å². The summed E-state index contributed by atoms with van der Waals surface area (Å²) in [4.78, 5) is 0. The van der Waals surface area contributed by atoms with E-state index in [-0.39, 0.29) is 0 Å². The van der Waals surface area contributed by atoms with Crippen LogP contribution >= 0.6 is 0 Å². The Balaban J connectivity index is 1.97. The highest BCUT2D eigenvalue weighted by molar-refractivity contribution is 5.24. The number of rotatable bonds is 6. The van der Waals surface area contributed by atoms with E-state index in [1.807, 2.05) is 0 Å². The van der Waals surface area contributed by atoms with Gasteiger partial charge in [0.25, 0.3) is 0 Å². The minimum absolute atomic E-state index is 0.408. The Morgan fingerprint density at radius 3 is 2.22 bits per heavy atom. The Morgan fingerprint density at radius 1 is 1.06 bits per heavy atom. The van der Waals surface area contributed by atoms with Gasteiger partial charge < -0.3 is 5.73 Å². The molecule has 18 heavy (non-hydrogen) atoms. The summed E-state index contributed by atoms with van der Waals surface area (Å²) in [6.45, 7) is 3.10. The summed E-state index contributed by atoms with van der Waals surface area (Å²) in [5.74, 6) is 0. The lowest BCUT2D eigenvalue weighted by Crippen LogP contribution is -2.29. The maximum absolute atomic E-state index is 6.01. The van der Waals surface area contributed by atoms with Crippen molar-refractivity contribution in [2.75, 3.05) is 6.54 Å². The zero-order valence-corrected chi connectivity index (χ0v) is 11.8. The Labute approximate surface area is 112 Å². The molecule has 0 bridgehead atoms. The minimum atomic E-state index is 0.408. The lowest BCUT2D eigenvalue weighted by atomic mass is 9.80. The predicted molar refractivity (Wildman–Crippen MR) is 78.7 cm³/mol. The molecular formula is C17H27N. The van der Waals surface area contributed by atoms with Crippen molar-refractivity contribution in [1.29, 1.82) is 0 Å². The van der Waals surface area contributed by atoms with Crippen molar-refractivity contribution in [2.45, 2.75) is 58.3 Å². The molecule has 2 N–H and O–H groups in total. The lowest BCUT2D eigenvalue weighted by molar-refractivity contribution is 0.306. The van der Waals surface area contributed by atoms with Crippen LogP contribution < -0.4 is 5.73 Å². The van der Waals surface area contributed by atoms with Crippen LogP contribution in [0.15, 0.2) is 24.3 Å². The highest BCUT2D eigenvalue weighted by atomic mass is 14.6. The molecule has 1 nitrogen and oxygen atoms in total. The zero-order valence-electron chi connectivity index (χ0n) is 11.8. The number of hydrogen-bond acceptors (Lipinski definition) is 1. The molecule has 1 aliphatic rings. The summed E-state index contributed by atoms with van der Waals surface area (Å²) in [6, 6.07) is 9.26. The van der Waals surface area contributed by atoms with Crippen LogP contribution in [0.2, 0.25) is 0 Å². The van der Waals surface area contributed by atoms with E-state index in [0.29, 0.717) is 5.41 Å². The molecular weight excluding hydrogens is 218 g/mol. The Morgan fingerprint density at radius 2 is 1.67 bits per heavy atom. The molecule has 1 fully saturated rings. The Kier molecular flexibility index (Phi) is 4.82. The third-order valence-corrected chi connectivity index (χ3v) is 4.52. The first-order chi connectivity index (χ1) is 8.78. The van der Waals surface area contributed by atoms with Crippen molar-refractivity contribution >= 4 is 0 Å². The van der Waals surface area contributed by atoms with Gasteiger partial charge in [0.1, 0.15) is 0 Å². The smallest absolute Gasteiger partial charge is 0.00173 e. The van der Waals surface area contributed by atoms with Crippen molar-refractivity contribution in [2.24, 2.45) is 11.1 Å².